The van der Waals surface area contributed by atoms with Gasteiger partial charge < -0.3 is 20.1 Å². The lowest BCUT2D eigenvalue weighted by Crippen LogP contribution is -2.82. The van der Waals surface area contributed by atoms with Crippen molar-refractivity contribution < 1.29 is 29.0 Å². The van der Waals surface area contributed by atoms with Gasteiger partial charge in [-0.2, -0.15) is 0 Å². The second-order valence-corrected chi connectivity index (χ2v) is 11.7. The predicted octanol–water partition coefficient (Wildman–Crippen LogP) is 3.22. The Hall–Kier alpha value is -2.60. The van der Waals surface area contributed by atoms with Gasteiger partial charge in [0.1, 0.15) is 22.9 Å². The largest absolute Gasteiger partial charge is 0.480 e. The molecule has 2 aromatic carbocycles. The molecule has 2 amide bonds. The van der Waals surface area contributed by atoms with Crippen LogP contribution in [0.3, 0.4) is 0 Å². The van der Waals surface area contributed by atoms with Crippen molar-refractivity contribution in [2.75, 3.05) is 0 Å². The molecule has 178 valence electrons. The number of benzene rings is 2. The zero-order chi connectivity index (χ0) is 24.8. The highest BCUT2D eigenvalue weighted by Gasteiger charge is 2.74. The Morgan fingerprint density at radius 2 is 1.74 bits per heavy atom. The van der Waals surface area contributed by atoms with Gasteiger partial charge in [-0.25, -0.2) is 4.79 Å². The maximum Gasteiger partial charge on any atom is 0.327 e. The summed E-state index contributed by atoms with van der Waals surface area (Å²) >= 11 is 3.37. The molecular formula is C24H23IN2O6S. The lowest BCUT2D eigenvalue weighted by atomic mass is 9.81. The minimum absolute atomic E-state index is 0.120. The number of rotatable bonds is 7. The molecule has 2 N–H and O–H groups in total. The number of Topliss-reactive ketones (excluding diaryl/α,β-unsaturated/α-hetero) is 1. The van der Waals surface area contributed by atoms with Gasteiger partial charge in [0.25, 0.3) is 5.91 Å². The highest BCUT2D eigenvalue weighted by atomic mass is 127. The zero-order valence-electron chi connectivity index (χ0n) is 18.7. The number of ketones is 1. The third-order valence-corrected chi connectivity index (χ3v) is 8.58. The zero-order valence-corrected chi connectivity index (χ0v) is 21.7. The first-order valence-electron chi connectivity index (χ1n) is 10.5. The van der Waals surface area contributed by atoms with E-state index in [9.17, 15) is 24.3 Å². The molecule has 10 heteroatoms. The summed E-state index contributed by atoms with van der Waals surface area (Å²) < 4.78 is 6.11. The van der Waals surface area contributed by atoms with Crippen LogP contribution in [0.5, 0.6) is 11.5 Å². The molecule has 0 aromatic heterocycles. The average molecular weight is 594 g/mol. The molecule has 2 aliphatic rings. The van der Waals surface area contributed by atoms with Crippen molar-refractivity contribution in [2.45, 2.75) is 48.9 Å². The molecule has 2 fully saturated rings. The number of carboxylic acids is 1. The number of amides is 2. The summed E-state index contributed by atoms with van der Waals surface area (Å²) in [7, 11) is 0. The van der Waals surface area contributed by atoms with E-state index in [-0.39, 0.29) is 6.42 Å². The SMILES string of the molecule is CC(=O)C1(NC(=O)Cc2ccccc2Oc2ccccc2I)C(=O)N2[C@@H](C(=O)O)C(C)(C)S[C@@H]21. The Morgan fingerprint density at radius 1 is 1.12 bits per heavy atom. The number of ether oxygens (including phenoxy) is 1. The summed E-state index contributed by atoms with van der Waals surface area (Å²) in [4.78, 5) is 51.9. The molecule has 0 radical (unpaired) electrons. The Kier molecular flexibility index (Phi) is 6.40. The lowest BCUT2D eigenvalue weighted by Gasteiger charge is -2.51. The van der Waals surface area contributed by atoms with E-state index in [1.54, 1.807) is 38.1 Å². The number of para-hydroxylation sites is 2. The minimum atomic E-state index is -1.78. The van der Waals surface area contributed by atoms with Crippen molar-refractivity contribution in [3.63, 3.8) is 0 Å². The maximum atomic E-state index is 13.1. The van der Waals surface area contributed by atoms with Crippen molar-refractivity contribution in [3.8, 4) is 11.5 Å². The molecule has 2 aliphatic heterocycles. The summed E-state index contributed by atoms with van der Waals surface area (Å²) in [6.45, 7) is 4.67. The molecule has 0 bridgehead atoms. The molecule has 0 spiro atoms. The monoisotopic (exact) mass is 594 g/mol. The molecule has 0 aliphatic carbocycles. The molecule has 2 heterocycles. The van der Waals surface area contributed by atoms with Crippen LogP contribution >= 0.6 is 34.4 Å². The molecule has 1 unspecified atom stereocenters. The number of carbonyl (C=O) groups is 4. The number of nitrogens with zero attached hydrogens (tertiary/aromatic N) is 1. The molecular weight excluding hydrogens is 571 g/mol. The second kappa shape index (κ2) is 8.88. The van der Waals surface area contributed by atoms with Crippen LogP contribution in [-0.2, 0) is 25.6 Å². The molecule has 0 saturated carbocycles. The summed E-state index contributed by atoms with van der Waals surface area (Å²) in [5.41, 5.74) is -1.20. The van der Waals surface area contributed by atoms with Crippen LogP contribution in [0.4, 0.5) is 0 Å². The number of carboxylic acid groups (broad SMARTS) is 1. The summed E-state index contributed by atoms with van der Waals surface area (Å²) in [5.74, 6) is -1.75. The van der Waals surface area contributed by atoms with Gasteiger partial charge in [-0.05, 0) is 61.6 Å². The van der Waals surface area contributed by atoms with Crippen molar-refractivity contribution in [1.29, 1.82) is 0 Å². The van der Waals surface area contributed by atoms with Crippen LogP contribution < -0.4 is 10.1 Å². The van der Waals surface area contributed by atoms with Crippen molar-refractivity contribution in [2.24, 2.45) is 0 Å². The number of aliphatic carboxylic acids is 1. The van der Waals surface area contributed by atoms with Gasteiger partial charge in [-0.1, -0.05) is 30.3 Å². The predicted molar refractivity (Wildman–Crippen MR) is 135 cm³/mol. The minimum Gasteiger partial charge on any atom is -0.480 e. The van der Waals surface area contributed by atoms with Gasteiger partial charge in [0.15, 0.2) is 5.78 Å². The van der Waals surface area contributed by atoms with Gasteiger partial charge in [-0.15, -0.1) is 11.8 Å². The highest BCUT2D eigenvalue weighted by molar-refractivity contribution is 14.1. The van der Waals surface area contributed by atoms with Crippen LogP contribution in [0.1, 0.15) is 26.3 Å². The molecule has 8 nitrogen and oxygen atoms in total. The van der Waals surface area contributed by atoms with Crippen LogP contribution in [0, 0.1) is 3.57 Å². The number of halogens is 1. The van der Waals surface area contributed by atoms with Crippen LogP contribution in [0.2, 0.25) is 0 Å². The number of fused-ring (bicyclic) bond motifs is 1. The lowest BCUT2D eigenvalue weighted by molar-refractivity contribution is -0.172. The Labute approximate surface area is 214 Å². The second-order valence-electron chi connectivity index (χ2n) is 8.76. The Balaban J connectivity index is 1.56. The van der Waals surface area contributed by atoms with Gasteiger partial charge in [0.2, 0.25) is 11.4 Å². The first-order chi connectivity index (χ1) is 16.0. The smallest absolute Gasteiger partial charge is 0.327 e. The van der Waals surface area contributed by atoms with Crippen LogP contribution in [0.15, 0.2) is 48.5 Å². The van der Waals surface area contributed by atoms with Crippen LogP contribution in [0.25, 0.3) is 0 Å². The number of hydrogen-bond donors (Lipinski definition) is 2. The van der Waals surface area contributed by atoms with Crippen molar-refractivity contribution in [3.05, 3.63) is 57.7 Å². The number of nitrogens with one attached hydrogen (secondary N) is 1. The number of hydrogen-bond acceptors (Lipinski definition) is 6. The van der Waals surface area contributed by atoms with E-state index in [2.05, 4.69) is 27.9 Å². The molecule has 34 heavy (non-hydrogen) atoms. The summed E-state index contributed by atoms with van der Waals surface area (Å²) in [6, 6.07) is 13.4. The van der Waals surface area contributed by atoms with E-state index >= 15 is 0 Å². The van der Waals surface area contributed by atoms with Crippen molar-refractivity contribution >= 4 is 57.9 Å². The van der Waals surface area contributed by atoms with E-state index in [1.165, 1.54) is 23.6 Å². The van der Waals surface area contributed by atoms with Gasteiger partial charge >= 0.3 is 5.97 Å². The third kappa shape index (κ3) is 3.96. The molecule has 2 saturated heterocycles. The highest BCUT2D eigenvalue weighted by Crippen LogP contribution is 2.55. The molecule has 2 aromatic rings. The van der Waals surface area contributed by atoms with E-state index < -0.39 is 45.3 Å². The van der Waals surface area contributed by atoms with E-state index in [0.29, 0.717) is 17.1 Å². The van der Waals surface area contributed by atoms with E-state index in [0.717, 1.165) is 3.57 Å². The first-order valence-corrected chi connectivity index (χ1v) is 12.5. The summed E-state index contributed by atoms with van der Waals surface area (Å²) in [5, 5.41) is 11.5. The average Bonchev–Trinajstić information content (AvgIpc) is 3.03. The standard InChI is InChI=1S/C24H23IN2O6S/c1-13(28)24(21(32)27-19(20(30)31)23(2,3)34-22(24)27)26-18(29)12-14-8-4-6-10-16(14)33-17-11-7-5-9-15(17)25/h4-11,19,22H,12H2,1-3H3,(H,26,29)(H,30,31)/t19-,22+,24?/m0/s1. The summed E-state index contributed by atoms with van der Waals surface area (Å²) in [6.07, 6.45) is -0.120. The fourth-order valence-electron chi connectivity index (χ4n) is 4.42. The van der Waals surface area contributed by atoms with E-state index in [1.807, 2.05) is 24.3 Å². The Bertz CT molecular complexity index is 1200. The first kappa shape index (κ1) is 24.5. The molecule has 3 atom stereocenters. The third-order valence-electron chi connectivity index (χ3n) is 6.05. The number of thioether (sulfide) groups is 1. The number of carbonyl (C=O) groups excluding carboxylic acids is 3. The molecule has 4 rings (SSSR count). The number of β-lactam (4-membered cyclic amide) rings is 1. The van der Waals surface area contributed by atoms with Gasteiger partial charge in [-0.3, -0.25) is 14.4 Å². The topological polar surface area (TPSA) is 113 Å². The van der Waals surface area contributed by atoms with Crippen molar-refractivity contribution in [1.82, 2.24) is 10.2 Å². The van der Waals surface area contributed by atoms with Gasteiger partial charge in [0, 0.05) is 10.3 Å². The fraction of sp³-hybridized carbons (Fsp3) is 0.333. The van der Waals surface area contributed by atoms with E-state index in [4.69, 9.17) is 4.74 Å². The Morgan fingerprint density at radius 3 is 2.35 bits per heavy atom. The quantitative estimate of drug-likeness (QED) is 0.288. The maximum absolute atomic E-state index is 13.1. The normalized spacial score (nSPS) is 24.7. The van der Waals surface area contributed by atoms with Gasteiger partial charge in [0.05, 0.1) is 9.99 Å². The fourth-order valence-corrected chi connectivity index (χ4v) is 6.67. The van der Waals surface area contributed by atoms with Crippen LogP contribution in [-0.4, -0.2) is 55.3 Å².